The van der Waals surface area contributed by atoms with Gasteiger partial charge in [0.1, 0.15) is 18.5 Å². The Kier molecular flexibility index (Phi) is 9.82. The molecule has 5 aliphatic rings. The molecule has 0 spiro atoms. The fourth-order valence-electron chi connectivity index (χ4n) is 8.33. The molecule has 3 N–H and O–H groups in total. The first-order valence-corrected chi connectivity index (χ1v) is 16.3. The molecule has 0 aromatic heterocycles. The van der Waals surface area contributed by atoms with Crippen LogP contribution in [0, 0.1) is 26.7 Å². The van der Waals surface area contributed by atoms with Crippen LogP contribution in [0.5, 0.6) is 11.5 Å². The van der Waals surface area contributed by atoms with Crippen LogP contribution in [0.1, 0.15) is 68.6 Å². The highest BCUT2D eigenvalue weighted by Gasteiger charge is 2.53. The normalized spacial score (nSPS) is 30.8. The van der Waals surface area contributed by atoms with E-state index in [1.54, 1.807) is 17.9 Å². The number of aliphatic hydroxyl groups is 2. The van der Waals surface area contributed by atoms with Crippen molar-refractivity contribution in [3.05, 3.63) is 32.9 Å². The number of Topliss-reactive ketones (excluding diaryl/α,β-unsaturated/α-hetero) is 1. The summed E-state index contributed by atoms with van der Waals surface area (Å²) in [5.74, 6) is 0.833. The van der Waals surface area contributed by atoms with Gasteiger partial charge in [0.15, 0.2) is 11.5 Å². The van der Waals surface area contributed by atoms with Gasteiger partial charge in [0, 0.05) is 37.1 Å². The quantitative estimate of drug-likeness (QED) is 0.171. The summed E-state index contributed by atoms with van der Waals surface area (Å²) in [4.78, 5) is 52.9. The van der Waals surface area contributed by atoms with Crippen molar-refractivity contribution in [2.24, 2.45) is 23.2 Å². The molecule has 11 heteroatoms. The third-order valence-electron chi connectivity index (χ3n) is 9.75. The molecule has 10 nitrogen and oxygen atoms in total. The number of nitrogens with one attached hydrogen (secondary N) is 1. The van der Waals surface area contributed by atoms with E-state index in [1.807, 2.05) is 22.6 Å². The minimum atomic E-state index is -1.26. The van der Waals surface area contributed by atoms with E-state index in [-0.39, 0.29) is 42.9 Å². The van der Waals surface area contributed by atoms with E-state index in [0.29, 0.717) is 45.3 Å². The van der Waals surface area contributed by atoms with Gasteiger partial charge >= 0.3 is 0 Å². The minimum absolute atomic E-state index is 0.0334. The highest BCUT2D eigenvalue weighted by atomic mass is 127. The van der Waals surface area contributed by atoms with E-state index in [0.717, 1.165) is 19.3 Å². The van der Waals surface area contributed by atoms with E-state index >= 15 is 0 Å². The van der Waals surface area contributed by atoms with Crippen LogP contribution in [0.4, 0.5) is 0 Å². The first-order valence-electron chi connectivity index (χ1n) is 15.2. The molecule has 0 heterocycles. The predicted octanol–water partition coefficient (Wildman–Crippen LogP) is 3.05. The van der Waals surface area contributed by atoms with Gasteiger partial charge in [-0.2, -0.15) is 0 Å². The highest BCUT2D eigenvalue weighted by Crippen LogP contribution is 2.60. The van der Waals surface area contributed by atoms with Gasteiger partial charge in [-0.05, 0) is 102 Å². The van der Waals surface area contributed by atoms with E-state index in [4.69, 9.17) is 9.47 Å². The number of carbonyl (C=O) groups excluding carboxylic acids is 4. The van der Waals surface area contributed by atoms with Gasteiger partial charge in [-0.25, -0.2) is 0 Å². The van der Waals surface area contributed by atoms with Crippen molar-refractivity contribution in [1.29, 1.82) is 0 Å². The molecule has 3 atom stereocenters. The maximum atomic E-state index is 13.8. The molecule has 0 saturated heterocycles. The third kappa shape index (κ3) is 6.63. The standard InChI is InChI=1S/C32H41IN2O8/c1-3-25(38)31(41)35(17-32-13-18-6-19(14-32)8-20(7-18)15-32)24-11-22(30(40)34-4-5-36)12-26(28(24)39)43-29-23(33)9-21(16-37)10-27(29)42-2/h9-10,12,16,18-20,24,26,28,36,39H,3-8,11,13-15,17H2,1-2H3,(H,34,40). The molecule has 3 unspecified atom stereocenters. The van der Waals surface area contributed by atoms with Gasteiger partial charge in [0.05, 0.1) is 23.3 Å². The molecule has 1 aromatic rings. The number of halogens is 1. The molecule has 43 heavy (non-hydrogen) atoms. The van der Waals surface area contributed by atoms with Crippen LogP contribution in [0.3, 0.4) is 0 Å². The second-order valence-electron chi connectivity index (χ2n) is 12.8. The number of amides is 2. The second kappa shape index (κ2) is 13.2. The molecule has 6 rings (SSSR count). The Bertz CT molecular complexity index is 1260. The fraction of sp³-hybridized carbons (Fsp3) is 0.625. The predicted molar refractivity (Wildman–Crippen MR) is 166 cm³/mol. The molecule has 2 amide bonds. The van der Waals surface area contributed by atoms with Crippen molar-refractivity contribution in [3.63, 3.8) is 0 Å². The zero-order valence-electron chi connectivity index (χ0n) is 24.7. The van der Waals surface area contributed by atoms with Gasteiger partial charge in [-0.15, -0.1) is 0 Å². The molecule has 4 saturated carbocycles. The first kappa shape index (κ1) is 31.9. The summed E-state index contributed by atoms with van der Waals surface area (Å²) in [6, 6.07) is 2.26. The van der Waals surface area contributed by atoms with Crippen molar-refractivity contribution in [2.45, 2.75) is 76.5 Å². The lowest BCUT2D eigenvalue weighted by atomic mass is 9.49. The van der Waals surface area contributed by atoms with Crippen molar-refractivity contribution in [2.75, 3.05) is 26.8 Å². The number of hydrogen-bond donors (Lipinski definition) is 3. The van der Waals surface area contributed by atoms with Gasteiger partial charge < -0.3 is 29.9 Å². The summed E-state index contributed by atoms with van der Waals surface area (Å²) in [6.45, 7) is 1.80. The molecular formula is C32H41IN2O8. The van der Waals surface area contributed by atoms with Gasteiger partial charge in [-0.1, -0.05) is 6.92 Å². The lowest BCUT2D eigenvalue weighted by molar-refractivity contribution is -0.154. The Morgan fingerprint density at radius 1 is 1.14 bits per heavy atom. The van der Waals surface area contributed by atoms with E-state index in [1.165, 1.54) is 38.5 Å². The van der Waals surface area contributed by atoms with Crippen molar-refractivity contribution < 1.29 is 38.9 Å². The number of rotatable bonds is 12. The van der Waals surface area contributed by atoms with Crippen LogP contribution in [-0.2, 0) is 14.4 Å². The van der Waals surface area contributed by atoms with Crippen LogP contribution in [0.15, 0.2) is 23.8 Å². The summed E-state index contributed by atoms with van der Waals surface area (Å²) in [5.41, 5.74) is 0.568. The molecule has 0 radical (unpaired) electrons. The van der Waals surface area contributed by atoms with Crippen molar-refractivity contribution in [1.82, 2.24) is 10.2 Å². The first-order chi connectivity index (χ1) is 20.6. The minimum Gasteiger partial charge on any atom is -0.493 e. The fourth-order valence-corrected chi connectivity index (χ4v) is 9.09. The zero-order chi connectivity index (χ0) is 30.9. The zero-order valence-corrected chi connectivity index (χ0v) is 26.9. The number of nitrogens with zero attached hydrogens (tertiary/aromatic N) is 1. The number of aliphatic hydroxyl groups excluding tert-OH is 2. The highest BCUT2D eigenvalue weighted by molar-refractivity contribution is 14.1. The maximum Gasteiger partial charge on any atom is 0.290 e. The summed E-state index contributed by atoms with van der Waals surface area (Å²) in [7, 11) is 1.44. The molecule has 4 bridgehead atoms. The smallest absolute Gasteiger partial charge is 0.290 e. The Morgan fingerprint density at radius 3 is 2.35 bits per heavy atom. The lowest BCUT2D eigenvalue weighted by Gasteiger charge is -2.58. The summed E-state index contributed by atoms with van der Waals surface area (Å²) in [5, 5.41) is 23.8. The number of aldehydes is 1. The van der Waals surface area contributed by atoms with Crippen LogP contribution in [0.25, 0.3) is 0 Å². The number of carbonyl (C=O) groups is 4. The number of benzene rings is 1. The van der Waals surface area contributed by atoms with Crippen LogP contribution < -0.4 is 14.8 Å². The van der Waals surface area contributed by atoms with E-state index < -0.39 is 35.8 Å². The Labute approximate surface area is 265 Å². The molecular weight excluding hydrogens is 667 g/mol. The molecule has 0 aliphatic heterocycles. The van der Waals surface area contributed by atoms with Gasteiger partial charge in [0.2, 0.25) is 11.7 Å². The van der Waals surface area contributed by atoms with Crippen molar-refractivity contribution in [3.8, 4) is 11.5 Å². The number of methoxy groups -OCH3 is 1. The van der Waals surface area contributed by atoms with E-state index in [2.05, 4.69) is 5.32 Å². The van der Waals surface area contributed by atoms with Crippen molar-refractivity contribution >= 4 is 46.5 Å². The van der Waals surface area contributed by atoms with Crippen LogP contribution in [-0.4, -0.2) is 84.1 Å². The summed E-state index contributed by atoms with van der Waals surface area (Å²) >= 11 is 2.02. The largest absolute Gasteiger partial charge is 0.493 e. The number of hydrogen-bond acceptors (Lipinski definition) is 8. The molecule has 5 aliphatic carbocycles. The average Bonchev–Trinajstić information content (AvgIpc) is 2.98. The Morgan fingerprint density at radius 2 is 1.79 bits per heavy atom. The monoisotopic (exact) mass is 708 g/mol. The van der Waals surface area contributed by atoms with Gasteiger partial charge in [0.25, 0.3) is 5.91 Å². The maximum absolute atomic E-state index is 13.8. The summed E-state index contributed by atoms with van der Waals surface area (Å²) < 4.78 is 12.4. The number of ether oxygens (including phenoxy) is 2. The Hall–Kier alpha value is -2.51. The topological polar surface area (TPSA) is 142 Å². The van der Waals surface area contributed by atoms with Crippen LogP contribution in [0.2, 0.25) is 0 Å². The third-order valence-corrected chi connectivity index (χ3v) is 10.5. The van der Waals surface area contributed by atoms with E-state index in [9.17, 15) is 29.4 Å². The Balaban J connectivity index is 1.51. The molecule has 1 aromatic carbocycles. The second-order valence-corrected chi connectivity index (χ2v) is 14.0. The van der Waals surface area contributed by atoms with Crippen LogP contribution >= 0.6 is 22.6 Å². The SMILES string of the molecule is CCC(=O)C(=O)N(CC12CC3CC(CC(C3)C1)C2)C1CC(C(=O)NCCO)=CC(Oc2c(I)cc(C=O)cc2OC)C1O. The lowest BCUT2D eigenvalue weighted by Crippen LogP contribution is -2.60. The molecule has 234 valence electrons. The van der Waals surface area contributed by atoms with Gasteiger partial charge in [-0.3, -0.25) is 19.2 Å². The molecule has 4 fully saturated rings. The average molecular weight is 709 g/mol. The summed E-state index contributed by atoms with van der Waals surface area (Å²) in [6.07, 6.45) is 6.67. The number of ketones is 1.